The first kappa shape index (κ1) is 8.36. The van der Waals surface area contributed by atoms with Gasteiger partial charge in [0.25, 0.3) is 0 Å². The maximum absolute atomic E-state index is 10.5. The molecule has 0 heterocycles. The Kier molecular flexibility index (Phi) is 3.16. The highest BCUT2D eigenvalue weighted by molar-refractivity contribution is 4.57. The smallest absolute Gasteiger partial charge is 0.200 e. The lowest BCUT2D eigenvalue weighted by atomic mass is 10.1. The molecular formula is C5H10NO3-. The predicted molar refractivity (Wildman–Crippen MR) is 30.5 cm³/mol. The molecule has 0 aliphatic rings. The van der Waals surface area contributed by atoms with Gasteiger partial charge in [0.15, 0.2) is 6.04 Å². The number of rotatable bonds is 3. The monoisotopic (exact) mass is 132 g/mol. The number of hydrogen-bond acceptors (Lipinski definition) is 3. The Morgan fingerprint density at radius 3 is 2.11 bits per heavy atom. The largest absolute Gasteiger partial charge is 0.847 e. The van der Waals surface area contributed by atoms with Gasteiger partial charge in [0.2, 0.25) is 0 Å². The van der Waals surface area contributed by atoms with Crippen LogP contribution in [0, 0.1) is 10.1 Å². The van der Waals surface area contributed by atoms with Crippen molar-refractivity contribution in [2.24, 2.45) is 0 Å². The van der Waals surface area contributed by atoms with Gasteiger partial charge in [0, 0.05) is 11.3 Å². The summed E-state index contributed by atoms with van der Waals surface area (Å²) in [5, 5.41) is 20.4. The fourth-order valence-corrected chi connectivity index (χ4v) is 0.652. The van der Waals surface area contributed by atoms with Crippen LogP contribution in [0.25, 0.3) is 0 Å². The molecule has 4 nitrogen and oxygen atoms in total. The van der Waals surface area contributed by atoms with Crippen LogP contribution in [0.3, 0.4) is 0 Å². The molecule has 0 aromatic heterocycles. The Bertz CT molecular complexity index is 102. The summed E-state index contributed by atoms with van der Waals surface area (Å²) in [6.07, 6.45) is -0.775. The van der Waals surface area contributed by atoms with E-state index < -0.39 is 17.1 Å². The molecule has 0 bridgehead atoms. The van der Waals surface area contributed by atoms with Gasteiger partial charge in [-0.1, -0.05) is 20.0 Å². The molecule has 2 atom stereocenters. The van der Waals surface area contributed by atoms with Crippen LogP contribution in [0.5, 0.6) is 0 Å². The summed E-state index contributed by atoms with van der Waals surface area (Å²) in [6, 6.07) is -0.912. The molecular weight excluding hydrogens is 122 g/mol. The topological polar surface area (TPSA) is 66.2 Å². The Labute approximate surface area is 53.6 Å². The van der Waals surface area contributed by atoms with Crippen LogP contribution in [-0.2, 0) is 0 Å². The van der Waals surface area contributed by atoms with Crippen LogP contribution in [0.4, 0.5) is 0 Å². The van der Waals surface area contributed by atoms with E-state index in [0.29, 0.717) is 6.42 Å². The van der Waals surface area contributed by atoms with E-state index in [2.05, 4.69) is 0 Å². The first-order valence-corrected chi connectivity index (χ1v) is 2.89. The van der Waals surface area contributed by atoms with E-state index in [9.17, 15) is 15.2 Å². The molecule has 0 aromatic rings. The summed E-state index contributed by atoms with van der Waals surface area (Å²) in [7, 11) is 0. The number of hydrogen-bond donors (Lipinski definition) is 0. The second-order valence-corrected chi connectivity index (χ2v) is 1.97. The zero-order chi connectivity index (χ0) is 7.44. The SMILES string of the molecule is CCC(C(C)[O-])[N+](=O)[O-]. The second kappa shape index (κ2) is 3.40. The summed E-state index contributed by atoms with van der Waals surface area (Å²) in [6.45, 7) is 2.96. The summed E-state index contributed by atoms with van der Waals surface area (Å²) in [5.41, 5.74) is 0. The molecule has 0 rings (SSSR count). The first-order valence-electron chi connectivity index (χ1n) is 2.89. The van der Waals surface area contributed by atoms with Gasteiger partial charge < -0.3 is 5.11 Å². The lowest BCUT2D eigenvalue weighted by molar-refractivity contribution is -0.581. The minimum atomic E-state index is -1.09. The number of nitro groups is 1. The van der Waals surface area contributed by atoms with Crippen molar-refractivity contribution in [1.29, 1.82) is 0 Å². The van der Waals surface area contributed by atoms with Crippen LogP contribution in [0.2, 0.25) is 0 Å². The third-order valence-electron chi connectivity index (χ3n) is 1.23. The molecule has 0 aromatic carbocycles. The maximum atomic E-state index is 10.5. The minimum absolute atomic E-state index is 0.317. The third kappa shape index (κ3) is 2.41. The van der Waals surface area contributed by atoms with Gasteiger partial charge in [-0.15, -0.1) is 0 Å². The maximum Gasteiger partial charge on any atom is 0.200 e. The van der Waals surface area contributed by atoms with Crippen molar-refractivity contribution in [2.75, 3.05) is 0 Å². The van der Waals surface area contributed by atoms with E-state index in [1.54, 1.807) is 6.92 Å². The van der Waals surface area contributed by atoms with Gasteiger partial charge in [-0.25, -0.2) is 0 Å². The molecule has 2 unspecified atom stereocenters. The van der Waals surface area contributed by atoms with Gasteiger partial charge in [-0.05, 0) is 0 Å². The fourth-order valence-electron chi connectivity index (χ4n) is 0.652. The Balaban J connectivity index is 3.83. The van der Waals surface area contributed by atoms with Crippen molar-refractivity contribution in [3.8, 4) is 0 Å². The van der Waals surface area contributed by atoms with Gasteiger partial charge in [0.05, 0.1) is 0 Å². The molecule has 9 heavy (non-hydrogen) atoms. The standard InChI is InChI=1S/C5H10NO3/c1-3-5(4(2)7)6(8)9/h4-5H,3H2,1-2H3/q-1. The van der Waals surface area contributed by atoms with Gasteiger partial charge in [0.1, 0.15) is 0 Å². The summed E-state index contributed by atoms with van der Waals surface area (Å²) in [4.78, 5) is 9.46. The average Bonchev–Trinajstić information content (AvgIpc) is 1.64. The molecule has 0 saturated heterocycles. The zero-order valence-corrected chi connectivity index (χ0v) is 5.53. The minimum Gasteiger partial charge on any atom is -0.847 e. The van der Waals surface area contributed by atoms with Crippen LogP contribution in [0.15, 0.2) is 0 Å². The van der Waals surface area contributed by atoms with Crippen molar-refractivity contribution in [2.45, 2.75) is 32.4 Å². The molecule has 0 aliphatic carbocycles. The highest BCUT2D eigenvalue weighted by atomic mass is 16.6. The van der Waals surface area contributed by atoms with E-state index in [0.717, 1.165) is 0 Å². The van der Waals surface area contributed by atoms with Crippen molar-refractivity contribution >= 4 is 0 Å². The molecule has 0 saturated carbocycles. The molecule has 54 valence electrons. The fraction of sp³-hybridized carbons (Fsp3) is 1.00. The van der Waals surface area contributed by atoms with Crippen LogP contribution >= 0.6 is 0 Å². The highest BCUT2D eigenvalue weighted by Gasteiger charge is 2.16. The van der Waals surface area contributed by atoms with E-state index in [4.69, 9.17) is 0 Å². The summed E-state index contributed by atoms with van der Waals surface area (Å²) in [5.74, 6) is 0. The average molecular weight is 132 g/mol. The predicted octanol–water partition coefficient (Wildman–Crippen LogP) is -0.209. The normalized spacial score (nSPS) is 16.8. The van der Waals surface area contributed by atoms with Gasteiger partial charge in [-0.2, -0.15) is 0 Å². The zero-order valence-electron chi connectivity index (χ0n) is 5.53. The molecule has 4 heteroatoms. The van der Waals surface area contributed by atoms with E-state index in [1.807, 2.05) is 0 Å². The van der Waals surface area contributed by atoms with Crippen molar-refractivity contribution in [1.82, 2.24) is 0 Å². The van der Waals surface area contributed by atoms with Crippen molar-refractivity contribution in [3.63, 3.8) is 0 Å². The van der Waals surface area contributed by atoms with E-state index >= 15 is 0 Å². The highest BCUT2D eigenvalue weighted by Crippen LogP contribution is 1.98. The quantitative estimate of drug-likeness (QED) is 0.394. The summed E-state index contributed by atoms with van der Waals surface area (Å²) >= 11 is 0. The van der Waals surface area contributed by atoms with Crippen LogP contribution < -0.4 is 5.11 Å². The van der Waals surface area contributed by atoms with Crippen molar-refractivity contribution in [3.05, 3.63) is 10.1 Å². The van der Waals surface area contributed by atoms with E-state index in [-0.39, 0.29) is 0 Å². The molecule has 0 aliphatic heterocycles. The first-order chi connectivity index (χ1) is 4.09. The molecule has 0 spiro atoms. The van der Waals surface area contributed by atoms with Gasteiger partial charge >= 0.3 is 0 Å². The Morgan fingerprint density at radius 1 is 1.67 bits per heavy atom. The molecule has 0 N–H and O–H groups in total. The third-order valence-corrected chi connectivity index (χ3v) is 1.23. The summed E-state index contributed by atoms with van der Waals surface area (Å²) < 4.78 is 0. The lowest BCUT2D eigenvalue weighted by Crippen LogP contribution is -2.40. The van der Waals surface area contributed by atoms with Crippen LogP contribution in [0.1, 0.15) is 20.3 Å². The number of nitrogens with zero attached hydrogens (tertiary/aromatic N) is 1. The van der Waals surface area contributed by atoms with Crippen LogP contribution in [-0.4, -0.2) is 17.1 Å². The molecule has 0 radical (unpaired) electrons. The lowest BCUT2D eigenvalue weighted by Gasteiger charge is -2.18. The second-order valence-electron chi connectivity index (χ2n) is 1.97. The molecule has 0 fully saturated rings. The van der Waals surface area contributed by atoms with Crippen molar-refractivity contribution < 1.29 is 10.0 Å². The van der Waals surface area contributed by atoms with E-state index in [1.165, 1.54) is 6.92 Å². The Hall–Kier alpha value is -0.640. The Morgan fingerprint density at radius 2 is 2.11 bits per heavy atom. The van der Waals surface area contributed by atoms with Gasteiger partial charge in [-0.3, -0.25) is 10.1 Å². The molecule has 0 amide bonds.